The van der Waals surface area contributed by atoms with Crippen molar-refractivity contribution in [3.63, 3.8) is 0 Å². The highest BCUT2D eigenvalue weighted by Gasteiger charge is 2.35. The van der Waals surface area contributed by atoms with Crippen LogP contribution in [0.4, 0.5) is 35.1 Å². The third kappa shape index (κ3) is 4.54. The monoisotopic (exact) mass is 532 g/mol. The molecular weight excluding hydrogens is 520 g/mol. The first kappa shape index (κ1) is 26.3. The Balaban J connectivity index is 1.83. The van der Waals surface area contributed by atoms with Gasteiger partial charge in [-0.1, -0.05) is 43.2 Å². The zero-order valence-corrected chi connectivity index (χ0v) is 18.9. The molecule has 1 aliphatic rings. The van der Waals surface area contributed by atoms with Gasteiger partial charge in [0.15, 0.2) is 29.0 Å². The molecule has 2 nitrogen and oxygen atoms in total. The third-order valence-electron chi connectivity index (χ3n) is 5.21. The van der Waals surface area contributed by atoms with Gasteiger partial charge < -0.3 is 9.47 Å². The molecule has 3 aromatic carbocycles. The van der Waals surface area contributed by atoms with Crippen molar-refractivity contribution in [3.8, 4) is 28.4 Å². The van der Waals surface area contributed by atoms with E-state index < -0.39 is 74.9 Å². The Morgan fingerprint density at radius 3 is 1.42 bits per heavy atom. The summed E-state index contributed by atoms with van der Waals surface area (Å²) >= 11 is 0. The zero-order chi connectivity index (χ0) is 27.7. The molecule has 0 aromatic heterocycles. The van der Waals surface area contributed by atoms with E-state index in [0.29, 0.717) is 11.1 Å². The second kappa shape index (κ2) is 10.3. The molecule has 0 fully saturated rings. The van der Waals surface area contributed by atoms with Crippen LogP contribution in [-0.2, 0) is 0 Å². The first-order chi connectivity index (χ1) is 18.1. The van der Waals surface area contributed by atoms with Gasteiger partial charge in [-0.15, -0.1) is 0 Å². The Kier molecular flexibility index (Phi) is 7.12. The van der Waals surface area contributed by atoms with Gasteiger partial charge in [0.25, 0.3) is 0 Å². The highest BCUT2D eigenvalue weighted by Crippen LogP contribution is 2.42. The van der Waals surface area contributed by atoms with Crippen LogP contribution in [0.5, 0.6) is 17.2 Å². The van der Waals surface area contributed by atoms with Gasteiger partial charge in [0.1, 0.15) is 5.75 Å². The SMILES string of the molecule is C=CC1=C=C=C(Oc2c(F)c(F)c(-c3c(F)c(F)c(Oc4ccc(C=C)cc4)c(F)c3F)c(F)c2F)C=C1. The van der Waals surface area contributed by atoms with E-state index in [1.807, 2.05) is 0 Å². The molecule has 1 aliphatic carbocycles. The molecule has 0 N–H and O–H groups in total. The fourth-order valence-electron chi connectivity index (χ4n) is 3.30. The Morgan fingerprint density at radius 1 is 0.553 bits per heavy atom. The molecule has 0 heterocycles. The van der Waals surface area contributed by atoms with E-state index in [9.17, 15) is 35.1 Å². The van der Waals surface area contributed by atoms with Crippen LogP contribution in [0.25, 0.3) is 17.2 Å². The van der Waals surface area contributed by atoms with Gasteiger partial charge in [0, 0.05) is 5.57 Å². The van der Waals surface area contributed by atoms with E-state index in [1.165, 1.54) is 42.5 Å². The number of rotatable bonds is 7. The van der Waals surface area contributed by atoms with Crippen molar-refractivity contribution in [2.24, 2.45) is 0 Å². The van der Waals surface area contributed by atoms with E-state index in [4.69, 9.17) is 9.47 Å². The average Bonchev–Trinajstić information content (AvgIpc) is 2.93. The lowest BCUT2D eigenvalue weighted by Gasteiger charge is -2.16. The summed E-state index contributed by atoms with van der Waals surface area (Å²) in [5, 5.41) is 0. The zero-order valence-electron chi connectivity index (χ0n) is 18.9. The Morgan fingerprint density at radius 2 is 1.03 bits per heavy atom. The molecule has 0 spiro atoms. The number of benzene rings is 3. The summed E-state index contributed by atoms with van der Waals surface area (Å²) < 4.78 is 128. The van der Waals surface area contributed by atoms with E-state index >= 15 is 0 Å². The van der Waals surface area contributed by atoms with Crippen molar-refractivity contribution >= 4 is 6.08 Å². The van der Waals surface area contributed by atoms with Gasteiger partial charge in [-0.05, 0) is 35.6 Å². The highest BCUT2D eigenvalue weighted by atomic mass is 19.2. The minimum Gasteiger partial charge on any atom is -0.451 e. The summed E-state index contributed by atoms with van der Waals surface area (Å²) in [6, 6.07) is 5.20. The molecule has 0 saturated heterocycles. The Labute approximate surface area is 210 Å². The minimum atomic E-state index is -2.38. The van der Waals surface area contributed by atoms with Gasteiger partial charge in [0.05, 0.1) is 11.1 Å². The van der Waals surface area contributed by atoms with Gasteiger partial charge in [-0.2, -0.15) is 17.6 Å². The second-order valence-corrected chi connectivity index (χ2v) is 7.50. The lowest BCUT2D eigenvalue weighted by molar-refractivity contribution is 0.348. The molecule has 0 amide bonds. The quantitative estimate of drug-likeness (QED) is 0.172. The van der Waals surface area contributed by atoms with Crippen molar-refractivity contribution in [2.45, 2.75) is 0 Å². The first-order valence-electron chi connectivity index (χ1n) is 10.5. The van der Waals surface area contributed by atoms with Crippen molar-refractivity contribution in [3.05, 3.63) is 131 Å². The fourth-order valence-corrected chi connectivity index (χ4v) is 3.30. The topological polar surface area (TPSA) is 18.5 Å². The van der Waals surface area contributed by atoms with E-state index in [0.717, 1.165) is 6.08 Å². The maximum Gasteiger partial charge on any atom is 0.205 e. The number of ether oxygens (including phenoxy) is 2. The number of halogens is 8. The van der Waals surface area contributed by atoms with Crippen LogP contribution < -0.4 is 9.47 Å². The average molecular weight is 532 g/mol. The van der Waals surface area contributed by atoms with Gasteiger partial charge >= 0.3 is 0 Å². The predicted molar refractivity (Wildman–Crippen MR) is 122 cm³/mol. The summed E-state index contributed by atoms with van der Waals surface area (Å²) in [5.41, 5.74) is 1.68. The number of hydrogen-bond donors (Lipinski definition) is 0. The van der Waals surface area contributed by atoms with Crippen LogP contribution in [0.15, 0.2) is 78.4 Å². The van der Waals surface area contributed by atoms with Crippen LogP contribution in [0, 0.1) is 46.5 Å². The summed E-state index contributed by atoms with van der Waals surface area (Å²) in [6.07, 6.45) is 5.23. The van der Waals surface area contributed by atoms with Crippen molar-refractivity contribution in [1.82, 2.24) is 0 Å². The normalized spacial score (nSPS) is 12.2. The molecule has 0 atom stereocenters. The van der Waals surface area contributed by atoms with Crippen molar-refractivity contribution < 1.29 is 44.6 Å². The predicted octanol–water partition coefficient (Wildman–Crippen LogP) is 8.60. The van der Waals surface area contributed by atoms with Gasteiger partial charge in [-0.25, -0.2) is 17.6 Å². The molecule has 192 valence electrons. The third-order valence-corrected chi connectivity index (χ3v) is 5.21. The van der Waals surface area contributed by atoms with Crippen LogP contribution in [-0.4, -0.2) is 0 Å². The van der Waals surface area contributed by atoms with Crippen LogP contribution in [0.1, 0.15) is 5.56 Å². The number of hydrogen-bond acceptors (Lipinski definition) is 2. The standard InChI is InChI=1S/C28H12F8O2/c1-3-13-5-9-15(10-6-13)37-27-23(33)19(29)17(20(30)24(27)34)18-21(31)25(35)28(26(36)22(18)32)38-16-11-7-14(4-2)8-12-16/h3-7,9-11H,1-2H2. The van der Waals surface area contributed by atoms with Crippen LogP contribution in [0.3, 0.4) is 0 Å². The van der Waals surface area contributed by atoms with Crippen molar-refractivity contribution in [2.75, 3.05) is 0 Å². The maximum absolute atomic E-state index is 14.9. The molecule has 4 rings (SSSR count). The minimum absolute atomic E-state index is 0.258. The molecule has 3 aromatic rings. The molecule has 38 heavy (non-hydrogen) atoms. The van der Waals surface area contributed by atoms with Crippen molar-refractivity contribution in [1.29, 1.82) is 0 Å². The molecule has 0 saturated carbocycles. The largest absolute Gasteiger partial charge is 0.451 e. The lowest BCUT2D eigenvalue weighted by Crippen LogP contribution is -2.10. The lowest BCUT2D eigenvalue weighted by atomic mass is 10.0. The highest BCUT2D eigenvalue weighted by molar-refractivity contribution is 5.69. The first-order valence-corrected chi connectivity index (χ1v) is 10.5. The molecular formula is C28H12F8O2. The smallest absolute Gasteiger partial charge is 0.205 e. The Bertz CT molecular complexity index is 1580. The fraction of sp³-hybridized carbons (Fsp3) is 0. The summed E-state index contributed by atoms with van der Waals surface area (Å²) in [6.45, 7) is 6.96. The summed E-state index contributed by atoms with van der Waals surface area (Å²) in [5.74, 6) is -22.3. The summed E-state index contributed by atoms with van der Waals surface area (Å²) in [4.78, 5) is 0. The number of allylic oxidation sites excluding steroid dienone is 4. The van der Waals surface area contributed by atoms with E-state index in [1.54, 1.807) is 0 Å². The maximum atomic E-state index is 14.9. The molecule has 0 bridgehead atoms. The van der Waals surface area contributed by atoms with E-state index in [2.05, 4.69) is 24.6 Å². The van der Waals surface area contributed by atoms with Crippen LogP contribution >= 0.6 is 0 Å². The molecule has 0 aliphatic heterocycles. The van der Waals surface area contributed by atoms with E-state index in [-0.39, 0.29) is 5.75 Å². The Hall–Kier alpha value is -4.78. The second-order valence-electron chi connectivity index (χ2n) is 7.50. The molecule has 0 unspecified atom stereocenters. The van der Waals surface area contributed by atoms with Gasteiger partial charge in [-0.3, -0.25) is 0 Å². The van der Waals surface area contributed by atoms with Gasteiger partial charge in [0.2, 0.25) is 34.8 Å². The molecule has 0 radical (unpaired) electrons. The summed E-state index contributed by atoms with van der Waals surface area (Å²) in [7, 11) is 0. The molecule has 10 heteroatoms. The van der Waals surface area contributed by atoms with Crippen LogP contribution in [0.2, 0.25) is 0 Å².